The van der Waals surface area contributed by atoms with Crippen molar-refractivity contribution >= 4 is 12.0 Å². The molecule has 0 spiro atoms. The van der Waals surface area contributed by atoms with E-state index in [0.717, 1.165) is 63.7 Å². The van der Waals surface area contributed by atoms with Gasteiger partial charge in [-0.2, -0.15) is 0 Å². The standard InChI is InChI=1S/C27H34N2O3/c1-4-27(31-24(30)22-6-5-13-28-22)12-10-21-19-8-7-18-14-23-17(16-29-32-23)15-25(18,2)20(19)9-11-26(21,27)3/h1,14,16,19-22,28H,5-13,15H2,2-3H3/t19-,20+,21+,22+,25+,26+,27+/m1/s1. The molecule has 1 saturated heterocycles. The number of ether oxygens (including phenoxy) is 1. The first kappa shape index (κ1) is 20.5. The normalized spacial score (nSPS) is 44.5. The van der Waals surface area contributed by atoms with E-state index in [1.807, 2.05) is 6.20 Å². The first-order valence-electron chi connectivity index (χ1n) is 12.5. The summed E-state index contributed by atoms with van der Waals surface area (Å²) in [5.74, 6) is 5.61. The lowest BCUT2D eigenvalue weighted by molar-refractivity contribution is -0.173. The molecule has 0 aromatic carbocycles. The molecule has 170 valence electrons. The molecule has 5 heteroatoms. The van der Waals surface area contributed by atoms with E-state index < -0.39 is 5.60 Å². The minimum Gasteiger partial charge on any atom is -0.444 e. The van der Waals surface area contributed by atoms with Gasteiger partial charge in [0.15, 0.2) is 11.4 Å². The molecular formula is C27H34N2O3. The summed E-state index contributed by atoms with van der Waals surface area (Å²) >= 11 is 0. The summed E-state index contributed by atoms with van der Waals surface area (Å²) in [6.07, 6.45) is 19.5. The van der Waals surface area contributed by atoms with E-state index in [0.29, 0.717) is 17.8 Å². The van der Waals surface area contributed by atoms with Crippen molar-refractivity contribution in [1.29, 1.82) is 0 Å². The zero-order chi connectivity index (χ0) is 22.1. The highest BCUT2D eigenvalue weighted by Crippen LogP contribution is 2.68. The number of carbonyl (C=O) groups is 1. The van der Waals surface area contributed by atoms with Gasteiger partial charge in [-0.05, 0) is 93.6 Å². The number of hydrogen-bond acceptors (Lipinski definition) is 5. The van der Waals surface area contributed by atoms with Gasteiger partial charge in [0.2, 0.25) is 0 Å². The second kappa shape index (κ2) is 6.97. The van der Waals surface area contributed by atoms with Crippen molar-refractivity contribution in [3.63, 3.8) is 0 Å². The zero-order valence-corrected chi connectivity index (χ0v) is 19.3. The van der Waals surface area contributed by atoms with Crippen molar-refractivity contribution in [2.45, 2.75) is 83.3 Å². The fourth-order valence-corrected chi connectivity index (χ4v) is 8.44. The molecule has 1 aromatic heterocycles. The molecule has 4 fully saturated rings. The molecule has 0 radical (unpaired) electrons. The number of terminal acetylenes is 1. The van der Waals surface area contributed by atoms with Crippen molar-refractivity contribution in [2.24, 2.45) is 28.6 Å². The Morgan fingerprint density at radius 2 is 2.09 bits per heavy atom. The van der Waals surface area contributed by atoms with E-state index >= 15 is 0 Å². The Hall–Kier alpha value is -2.06. The Morgan fingerprint density at radius 3 is 2.88 bits per heavy atom. The van der Waals surface area contributed by atoms with Crippen LogP contribution in [0.25, 0.3) is 6.08 Å². The van der Waals surface area contributed by atoms with Crippen LogP contribution in [0.15, 0.2) is 16.3 Å². The molecule has 2 heterocycles. The Balaban J connectivity index is 1.29. The van der Waals surface area contributed by atoms with Gasteiger partial charge < -0.3 is 14.6 Å². The average Bonchev–Trinajstić information content (AvgIpc) is 3.51. The van der Waals surface area contributed by atoms with Crippen molar-refractivity contribution in [1.82, 2.24) is 10.5 Å². The highest BCUT2D eigenvalue weighted by molar-refractivity contribution is 5.77. The molecule has 0 unspecified atom stereocenters. The lowest BCUT2D eigenvalue weighted by Gasteiger charge is -2.58. The topological polar surface area (TPSA) is 64.4 Å². The Labute approximate surface area is 190 Å². The molecule has 4 aliphatic carbocycles. The minimum atomic E-state index is -0.769. The molecule has 1 aromatic rings. The quantitative estimate of drug-likeness (QED) is 0.548. The number of allylic oxidation sites excluding steroid dienone is 1. The molecule has 1 N–H and O–H groups in total. The van der Waals surface area contributed by atoms with Gasteiger partial charge in [-0.1, -0.05) is 30.5 Å². The first-order valence-corrected chi connectivity index (χ1v) is 12.5. The highest BCUT2D eigenvalue weighted by Gasteiger charge is 2.66. The molecule has 6 rings (SSSR count). The van der Waals surface area contributed by atoms with Crippen molar-refractivity contribution in [2.75, 3.05) is 6.54 Å². The van der Waals surface area contributed by atoms with Crippen LogP contribution in [0.4, 0.5) is 0 Å². The SMILES string of the molecule is C#C[C@]1(OC(=O)[C@@H]2CCCN2)CC[C@H]2[C@@H]3CCC4=Cc5oncc5C[C@]4(C)[C@H]3CC[C@@]21C. The fourth-order valence-electron chi connectivity index (χ4n) is 8.44. The van der Waals surface area contributed by atoms with Gasteiger partial charge in [-0.3, -0.25) is 4.79 Å². The maximum Gasteiger partial charge on any atom is 0.324 e. The monoisotopic (exact) mass is 434 g/mol. The molecule has 0 amide bonds. The third-order valence-corrected chi connectivity index (χ3v) is 10.2. The van der Waals surface area contributed by atoms with E-state index in [4.69, 9.17) is 15.7 Å². The number of carbonyl (C=O) groups excluding carboxylic acids is 1. The third kappa shape index (κ3) is 2.62. The van der Waals surface area contributed by atoms with Crippen LogP contribution in [0, 0.1) is 40.9 Å². The number of esters is 1. The second-order valence-corrected chi connectivity index (χ2v) is 11.4. The molecule has 5 nitrogen and oxygen atoms in total. The zero-order valence-electron chi connectivity index (χ0n) is 19.3. The van der Waals surface area contributed by atoms with E-state index in [1.165, 1.54) is 17.6 Å². The van der Waals surface area contributed by atoms with Crippen LogP contribution < -0.4 is 5.32 Å². The number of hydrogen-bond donors (Lipinski definition) is 1. The molecule has 32 heavy (non-hydrogen) atoms. The smallest absolute Gasteiger partial charge is 0.324 e. The summed E-state index contributed by atoms with van der Waals surface area (Å²) in [5.41, 5.74) is 2.02. The largest absolute Gasteiger partial charge is 0.444 e. The van der Waals surface area contributed by atoms with Crippen LogP contribution in [-0.4, -0.2) is 29.3 Å². The van der Waals surface area contributed by atoms with Crippen LogP contribution in [0.1, 0.15) is 76.5 Å². The maximum atomic E-state index is 13.0. The number of fused-ring (bicyclic) bond motifs is 6. The van der Waals surface area contributed by atoms with Crippen LogP contribution in [0.2, 0.25) is 0 Å². The summed E-state index contributed by atoms with van der Waals surface area (Å²) in [5, 5.41) is 7.34. The van der Waals surface area contributed by atoms with E-state index in [2.05, 4.69) is 36.3 Å². The first-order chi connectivity index (χ1) is 15.4. The van der Waals surface area contributed by atoms with Gasteiger partial charge in [-0.15, -0.1) is 6.42 Å². The second-order valence-electron chi connectivity index (χ2n) is 11.4. The number of nitrogens with one attached hydrogen (secondary N) is 1. The van der Waals surface area contributed by atoms with Gasteiger partial charge in [0.05, 0.1) is 6.20 Å². The van der Waals surface area contributed by atoms with Gasteiger partial charge in [0, 0.05) is 11.0 Å². The van der Waals surface area contributed by atoms with Crippen LogP contribution in [0.5, 0.6) is 0 Å². The molecule has 1 aliphatic heterocycles. The minimum absolute atomic E-state index is 0.141. The molecule has 7 atom stereocenters. The lowest BCUT2D eigenvalue weighted by Crippen LogP contribution is -2.56. The number of rotatable bonds is 2. The Kier molecular flexibility index (Phi) is 4.47. The van der Waals surface area contributed by atoms with Crippen LogP contribution in [-0.2, 0) is 16.0 Å². The van der Waals surface area contributed by atoms with Gasteiger partial charge in [0.25, 0.3) is 0 Å². The van der Waals surface area contributed by atoms with Gasteiger partial charge >= 0.3 is 5.97 Å². The van der Waals surface area contributed by atoms with E-state index in [9.17, 15) is 4.79 Å². The lowest BCUT2D eigenvalue weighted by atomic mass is 9.46. The average molecular weight is 435 g/mol. The maximum absolute atomic E-state index is 13.0. The van der Waals surface area contributed by atoms with Gasteiger partial charge in [-0.25, -0.2) is 0 Å². The highest BCUT2D eigenvalue weighted by atomic mass is 16.6. The molecular weight excluding hydrogens is 400 g/mol. The summed E-state index contributed by atoms with van der Waals surface area (Å²) < 4.78 is 11.8. The summed E-state index contributed by atoms with van der Waals surface area (Å²) in [4.78, 5) is 13.0. The fraction of sp³-hybridized carbons (Fsp3) is 0.704. The third-order valence-electron chi connectivity index (χ3n) is 10.2. The van der Waals surface area contributed by atoms with Crippen molar-refractivity contribution in [3.05, 3.63) is 23.1 Å². The predicted octanol–water partition coefficient (Wildman–Crippen LogP) is 4.52. The summed E-state index contributed by atoms with van der Waals surface area (Å²) in [7, 11) is 0. The Bertz CT molecular complexity index is 1010. The predicted molar refractivity (Wildman–Crippen MR) is 121 cm³/mol. The molecule has 5 aliphatic rings. The summed E-state index contributed by atoms with van der Waals surface area (Å²) in [6.45, 7) is 5.67. The van der Waals surface area contributed by atoms with Crippen molar-refractivity contribution in [3.8, 4) is 12.3 Å². The van der Waals surface area contributed by atoms with Crippen molar-refractivity contribution < 1.29 is 14.1 Å². The van der Waals surface area contributed by atoms with E-state index in [1.54, 1.807) is 0 Å². The van der Waals surface area contributed by atoms with Crippen LogP contribution >= 0.6 is 0 Å². The van der Waals surface area contributed by atoms with Crippen LogP contribution in [0.3, 0.4) is 0 Å². The Morgan fingerprint density at radius 1 is 1.25 bits per heavy atom. The number of aromatic nitrogens is 1. The summed E-state index contributed by atoms with van der Waals surface area (Å²) in [6, 6.07) is -0.194. The number of nitrogens with zero attached hydrogens (tertiary/aromatic N) is 1. The van der Waals surface area contributed by atoms with Gasteiger partial charge in [0.1, 0.15) is 6.04 Å². The molecule has 3 saturated carbocycles. The van der Waals surface area contributed by atoms with E-state index in [-0.39, 0.29) is 22.8 Å². The molecule has 0 bridgehead atoms.